The van der Waals surface area contributed by atoms with Crippen LogP contribution in [0.5, 0.6) is 0 Å². The van der Waals surface area contributed by atoms with Gasteiger partial charge in [0, 0.05) is 6.20 Å². The lowest BCUT2D eigenvalue weighted by atomic mass is 10.1. The molecule has 0 spiro atoms. The normalized spacial score (nSPS) is 30.2. The number of nitrogens with zero attached hydrogens (tertiary/aromatic N) is 1. The molecule has 0 amide bonds. The number of aromatic nitrogens is 2. The van der Waals surface area contributed by atoms with Crippen molar-refractivity contribution in [2.45, 2.75) is 22.8 Å². The molecule has 1 aromatic rings. The smallest absolute Gasteiger partial charge is 0.329 e. The van der Waals surface area contributed by atoms with Gasteiger partial charge >= 0.3 is 5.69 Å². The first-order chi connectivity index (χ1) is 8.99. The monoisotopic (exact) mass is 284 g/mol. The Morgan fingerprint density at radius 2 is 2.11 bits per heavy atom. The van der Waals surface area contributed by atoms with Crippen LogP contribution in [0.3, 0.4) is 0 Å². The van der Waals surface area contributed by atoms with Gasteiger partial charge in [-0.15, -0.1) is 18.2 Å². The average molecular weight is 284 g/mol. The molecular weight excluding hydrogens is 272 g/mol. The highest BCUT2D eigenvalue weighted by Crippen LogP contribution is 2.40. The number of rotatable bonds is 2. The van der Waals surface area contributed by atoms with Crippen molar-refractivity contribution < 1.29 is 15.3 Å². The quantitative estimate of drug-likeness (QED) is 0.460. The van der Waals surface area contributed by atoms with Crippen molar-refractivity contribution in [1.29, 1.82) is 0 Å². The molecule has 102 valence electrons. The van der Waals surface area contributed by atoms with Gasteiger partial charge in [0.05, 0.1) is 18.0 Å². The molecule has 1 fully saturated rings. The van der Waals surface area contributed by atoms with Crippen LogP contribution in [0.15, 0.2) is 15.8 Å². The second-order valence-corrected chi connectivity index (χ2v) is 5.44. The summed E-state index contributed by atoms with van der Waals surface area (Å²) < 4.78 is 1.06. The molecule has 7 nitrogen and oxygen atoms in total. The second kappa shape index (κ2) is 5.22. The highest BCUT2D eigenvalue weighted by molar-refractivity contribution is 8.00. The minimum absolute atomic E-state index is 0.0469. The van der Waals surface area contributed by atoms with Gasteiger partial charge in [-0.25, -0.2) is 4.79 Å². The fraction of sp³-hybridized carbons (Fsp3) is 0.455. The molecule has 0 bridgehead atoms. The average Bonchev–Trinajstić information content (AvgIpc) is 2.67. The van der Waals surface area contributed by atoms with Crippen molar-refractivity contribution in [3.05, 3.63) is 32.6 Å². The Hall–Kier alpha value is -1.53. The standard InChI is InChI=1S/C11H12N2O5S/c1-2-5-3-13(11(18)12-9(5)17)10-8(16)7(15)6(4-14)19-10/h1,3,6-8,10,14-16H,4H2,(H,12,17,18)/t6-,7-,8-,10-/m1/s1. The fourth-order valence-corrected chi connectivity index (χ4v) is 3.26. The number of thioether (sulfide) groups is 1. The number of hydrogen-bond donors (Lipinski definition) is 4. The van der Waals surface area contributed by atoms with E-state index in [9.17, 15) is 19.8 Å². The summed E-state index contributed by atoms with van der Waals surface area (Å²) in [5.41, 5.74) is -1.46. The molecule has 1 saturated heterocycles. The molecule has 1 aliphatic heterocycles. The summed E-state index contributed by atoms with van der Waals surface area (Å²) in [6.07, 6.45) is 3.90. The van der Waals surface area contributed by atoms with E-state index >= 15 is 0 Å². The molecule has 4 atom stereocenters. The molecule has 0 unspecified atom stereocenters. The molecule has 0 radical (unpaired) electrons. The van der Waals surface area contributed by atoms with Gasteiger partial charge in [-0.05, 0) is 0 Å². The Bertz CT molecular complexity index is 631. The summed E-state index contributed by atoms with van der Waals surface area (Å²) in [5, 5.41) is 27.2. The Morgan fingerprint density at radius 1 is 1.42 bits per heavy atom. The lowest BCUT2D eigenvalue weighted by Gasteiger charge is -2.17. The highest BCUT2D eigenvalue weighted by atomic mass is 32.2. The summed E-state index contributed by atoms with van der Waals surface area (Å²) in [5.74, 6) is 2.13. The zero-order valence-corrected chi connectivity index (χ0v) is 10.5. The third kappa shape index (κ3) is 2.33. The first kappa shape index (κ1) is 13.9. The Labute approximate surface area is 111 Å². The molecule has 0 aromatic carbocycles. The molecule has 8 heteroatoms. The van der Waals surface area contributed by atoms with E-state index in [0.29, 0.717) is 0 Å². The van der Waals surface area contributed by atoms with E-state index in [2.05, 4.69) is 5.92 Å². The topological polar surface area (TPSA) is 116 Å². The Balaban J connectivity index is 2.46. The number of hydrogen-bond acceptors (Lipinski definition) is 6. The first-order valence-corrected chi connectivity index (χ1v) is 6.38. The van der Waals surface area contributed by atoms with E-state index in [0.717, 1.165) is 22.5 Å². The summed E-state index contributed by atoms with van der Waals surface area (Å²) in [6.45, 7) is -0.334. The SMILES string of the molecule is C#Cc1cn([C@@H]2S[C@H](CO)[C@@H](O)[C@H]2O)c(=O)[nH]c1=O. The van der Waals surface area contributed by atoms with E-state index in [1.165, 1.54) is 0 Å². The van der Waals surface area contributed by atoms with E-state index in [4.69, 9.17) is 11.5 Å². The van der Waals surface area contributed by atoms with Gasteiger partial charge in [0.15, 0.2) is 0 Å². The van der Waals surface area contributed by atoms with Gasteiger partial charge in [-0.3, -0.25) is 14.3 Å². The lowest BCUT2D eigenvalue weighted by molar-refractivity contribution is 0.0101. The molecule has 1 aromatic heterocycles. The van der Waals surface area contributed by atoms with Crippen LogP contribution in [0.2, 0.25) is 0 Å². The number of aliphatic hydroxyl groups is 3. The van der Waals surface area contributed by atoms with Crippen LogP contribution < -0.4 is 11.2 Å². The van der Waals surface area contributed by atoms with E-state index < -0.39 is 34.1 Å². The summed E-state index contributed by atoms with van der Waals surface area (Å²) in [4.78, 5) is 25.1. The maximum Gasteiger partial charge on any atom is 0.329 e. The summed E-state index contributed by atoms with van der Waals surface area (Å²) in [6, 6.07) is 0. The van der Waals surface area contributed by atoms with Crippen LogP contribution in [0.4, 0.5) is 0 Å². The Morgan fingerprint density at radius 3 is 2.63 bits per heavy atom. The largest absolute Gasteiger partial charge is 0.395 e. The van der Waals surface area contributed by atoms with Gasteiger partial charge in [0.1, 0.15) is 17.0 Å². The predicted octanol–water partition coefficient (Wildman–Crippen LogP) is -2.15. The zero-order valence-electron chi connectivity index (χ0n) is 9.68. The van der Waals surface area contributed by atoms with Crippen LogP contribution >= 0.6 is 11.8 Å². The van der Waals surface area contributed by atoms with Crippen LogP contribution in [0.25, 0.3) is 0 Å². The minimum atomic E-state index is -1.24. The molecule has 4 N–H and O–H groups in total. The zero-order chi connectivity index (χ0) is 14.2. The molecule has 1 aliphatic rings. The lowest BCUT2D eigenvalue weighted by Crippen LogP contribution is -2.38. The number of nitrogens with one attached hydrogen (secondary N) is 1. The highest BCUT2D eigenvalue weighted by Gasteiger charge is 2.43. The number of H-pyrrole nitrogens is 1. The van der Waals surface area contributed by atoms with Crippen molar-refractivity contribution in [1.82, 2.24) is 9.55 Å². The predicted molar refractivity (Wildman–Crippen MR) is 68.8 cm³/mol. The fourth-order valence-electron chi connectivity index (χ4n) is 1.89. The van der Waals surface area contributed by atoms with Crippen molar-refractivity contribution in [2.75, 3.05) is 6.61 Å². The molecule has 2 rings (SSSR count). The molecule has 19 heavy (non-hydrogen) atoms. The van der Waals surface area contributed by atoms with Crippen LogP contribution in [0.1, 0.15) is 10.9 Å². The molecular formula is C11H12N2O5S. The van der Waals surface area contributed by atoms with Gasteiger partial charge in [0.25, 0.3) is 5.56 Å². The Kier molecular flexibility index (Phi) is 3.82. The van der Waals surface area contributed by atoms with Crippen molar-refractivity contribution in [3.8, 4) is 12.3 Å². The van der Waals surface area contributed by atoms with Gasteiger partial charge in [0.2, 0.25) is 0 Å². The minimum Gasteiger partial charge on any atom is -0.395 e. The summed E-state index contributed by atoms with van der Waals surface area (Å²) >= 11 is 1.04. The van der Waals surface area contributed by atoms with Crippen LogP contribution in [-0.4, -0.2) is 48.9 Å². The van der Waals surface area contributed by atoms with E-state index in [-0.39, 0.29) is 12.2 Å². The van der Waals surface area contributed by atoms with Gasteiger partial charge in [-0.1, -0.05) is 5.92 Å². The van der Waals surface area contributed by atoms with Crippen LogP contribution in [-0.2, 0) is 0 Å². The maximum absolute atomic E-state index is 11.7. The van der Waals surface area contributed by atoms with E-state index in [1.807, 2.05) is 4.98 Å². The first-order valence-electron chi connectivity index (χ1n) is 5.44. The molecule has 0 aliphatic carbocycles. The number of terminal acetylenes is 1. The number of aromatic amines is 1. The third-order valence-electron chi connectivity index (χ3n) is 2.91. The second-order valence-electron chi connectivity index (χ2n) is 4.08. The van der Waals surface area contributed by atoms with Crippen LogP contribution in [0, 0.1) is 12.3 Å². The number of aliphatic hydroxyl groups excluding tert-OH is 3. The van der Waals surface area contributed by atoms with Crippen molar-refractivity contribution in [2.24, 2.45) is 0 Å². The van der Waals surface area contributed by atoms with E-state index in [1.54, 1.807) is 0 Å². The van der Waals surface area contributed by atoms with Gasteiger partial charge < -0.3 is 15.3 Å². The van der Waals surface area contributed by atoms with Gasteiger partial charge in [-0.2, -0.15) is 0 Å². The molecule has 0 saturated carbocycles. The van der Waals surface area contributed by atoms with Crippen molar-refractivity contribution >= 4 is 11.8 Å². The summed E-state index contributed by atoms with van der Waals surface area (Å²) in [7, 11) is 0. The third-order valence-corrected chi connectivity index (χ3v) is 4.48. The van der Waals surface area contributed by atoms with Crippen molar-refractivity contribution in [3.63, 3.8) is 0 Å². The maximum atomic E-state index is 11.7. The molecule has 2 heterocycles.